The Morgan fingerprint density at radius 1 is 1.67 bits per heavy atom. The van der Waals surface area contributed by atoms with Gasteiger partial charge in [-0.15, -0.1) is 0 Å². The summed E-state index contributed by atoms with van der Waals surface area (Å²) in [5, 5.41) is 8.40. The number of hydrogen-bond acceptors (Lipinski definition) is 3. The van der Waals surface area contributed by atoms with Crippen LogP contribution in [0.2, 0.25) is 0 Å². The summed E-state index contributed by atoms with van der Waals surface area (Å²) in [5.74, 6) is -0.0104. The topological polar surface area (TPSA) is 46.5 Å². The molecule has 0 bridgehead atoms. The largest absolute Gasteiger partial charge is 0.515 e. The molecule has 0 saturated carbocycles. The quantitative estimate of drug-likeness (QED) is 0.380. The van der Waals surface area contributed by atoms with Crippen LogP contribution in [0.3, 0.4) is 0 Å². The van der Waals surface area contributed by atoms with E-state index in [0.717, 1.165) is 6.26 Å². The fraction of sp³-hybridized carbons (Fsp3) is 0.500. The normalized spacial score (nSPS) is 24.9. The van der Waals surface area contributed by atoms with Gasteiger partial charge in [0.15, 0.2) is 5.78 Å². The van der Waals surface area contributed by atoms with Crippen LogP contribution in [-0.4, -0.2) is 24.1 Å². The number of ether oxygens (including phenoxy) is 1. The molecule has 3 nitrogen and oxygen atoms in total. The van der Waals surface area contributed by atoms with Crippen LogP contribution < -0.4 is 0 Å². The van der Waals surface area contributed by atoms with Crippen LogP contribution in [0.15, 0.2) is 11.8 Å². The van der Waals surface area contributed by atoms with Crippen LogP contribution >= 0.6 is 0 Å². The molecule has 1 rings (SSSR count). The first kappa shape index (κ1) is 6.29. The molecule has 0 aliphatic carbocycles. The van der Waals surface area contributed by atoms with Crippen molar-refractivity contribution in [1.29, 1.82) is 0 Å². The second-order valence-corrected chi connectivity index (χ2v) is 1.88. The molecule has 0 aromatic heterocycles. The molecule has 1 aliphatic rings. The van der Waals surface area contributed by atoms with Crippen LogP contribution in [0.25, 0.3) is 0 Å². The molecule has 0 atom stereocenters. The highest BCUT2D eigenvalue weighted by atomic mass is 16.5. The Morgan fingerprint density at radius 2 is 2.44 bits per heavy atom. The molecule has 0 radical (unpaired) electrons. The lowest BCUT2D eigenvalue weighted by Crippen LogP contribution is -2.18. The molecule has 0 aromatic rings. The van der Waals surface area contributed by atoms with E-state index in [4.69, 9.17) is 9.84 Å². The SMILES string of the molecule is O=C1CCOC/C1=C/O. The third-order valence-electron chi connectivity index (χ3n) is 1.25. The van der Waals surface area contributed by atoms with Crippen molar-refractivity contribution in [1.82, 2.24) is 0 Å². The monoisotopic (exact) mass is 128 g/mol. The first-order chi connectivity index (χ1) is 4.34. The summed E-state index contributed by atoms with van der Waals surface area (Å²) in [4.78, 5) is 10.7. The van der Waals surface area contributed by atoms with Crippen LogP contribution in [0.4, 0.5) is 0 Å². The molecule has 1 saturated heterocycles. The molecule has 1 aliphatic heterocycles. The van der Waals surface area contributed by atoms with E-state index in [9.17, 15) is 4.79 Å². The molecule has 1 fully saturated rings. The molecule has 3 heteroatoms. The number of carbonyl (C=O) groups is 1. The van der Waals surface area contributed by atoms with Crippen LogP contribution in [0, 0.1) is 0 Å². The minimum absolute atomic E-state index is 0.0104. The van der Waals surface area contributed by atoms with Gasteiger partial charge in [0, 0.05) is 6.42 Å². The molecule has 0 aromatic carbocycles. The van der Waals surface area contributed by atoms with Crippen molar-refractivity contribution >= 4 is 5.78 Å². The van der Waals surface area contributed by atoms with Gasteiger partial charge in [0.25, 0.3) is 0 Å². The lowest BCUT2D eigenvalue weighted by Gasteiger charge is -2.11. The maximum atomic E-state index is 10.7. The average Bonchev–Trinajstić information content (AvgIpc) is 1.89. The average molecular weight is 128 g/mol. The number of aliphatic hydroxyl groups excluding tert-OH is 1. The Morgan fingerprint density at radius 3 is 2.89 bits per heavy atom. The van der Waals surface area contributed by atoms with Crippen molar-refractivity contribution in [3.8, 4) is 0 Å². The van der Waals surface area contributed by atoms with E-state index >= 15 is 0 Å². The standard InChI is InChI=1S/C6H8O3/c7-3-5-4-9-2-1-6(5)8/h3,7H,1-2,4H2/b5-3-. The molecule has 1 heterocycles. The van der Waals surface area contributed by atoms with Crippen molar-refractivity contribution in [3.63, 3.8) is 0 Å². The lowest BCUT2D eigenvalue weighted by molar-refractivity contribution is -0.119. The zero-order valence-electron chi connectivity index (χ0n) is 4.96. The number of carbonyl (C=O) groups excluding carboxylic acids is 1. The van der Waals surface area contributed by atoms with Crippen LogP contribution in [-0.2, 0) is 9.53 Å². The summed E-state index contributed by atoms with van der Waals surface area (Å²) in [7, 11) is 0. The molecule has 1 N–H and O–H groups in total. The van der Waals surface area contributed by atoms with Gasteiger partial charge in [-0.25, -0.2) is 0 Å². The summed E-state index contributed by atoms with van der Waals surface area (Å²) in [6, 6.07) is 0. The third-order valence-corrected chi connectivity index (χ3v) is 1.25. The van der Waals surface area contributed by atoms with E-state index in [1.54, 1.807) is 0 Å². The highest BCUT2D eigenvalue weighted by Crippen LogP contribution is 2.06. The number of Topliss-reactive ketones (excluding diaryl/α,β-unsaturated/α-hetero) is 1. The highest BCUT2D eigenvalue weighted by molar-refractivity contribution is 5.95. The summed E-state index contributed by atoms with van der Waals surface area (Å²) in [6.07, 6.45) is 1.22. The lowest BCUT2D eigenvalue weighted by atomic mass is 10.1. The van der Waals surface area contributed by atoms with E-state index in [2.05, 4.69) is 0 Å². The van der Waals surface area contributed by atoms with Crippen LogP contribution in [0.1, 0.15) is 6.42 Å². The molecular weight excluding hydrogens is 120 g/mol. The minimum Gasteiger partial charge on any atom is -0.515 e. The van der Waals surface area contributed by atoms with Gasteiger partial charge in [-0.05, 0) is 0 Å². The van der Waals surface area contributed by atoms with E-state index in [1.165, 1.54) is 0 Å². The smallest absolute Gasteiger partial charge is 0.166 e. The number of hydrogen-bond donors (Lipinski definition) is 1. The van der Waals surface area contributed by atoms with E-state index in [0.29, 0.717) is 18.6 Å². The molecule has 0 spiro atoms. The van der Waals surface area contributed by atoms with Crippen molar-refractivity contribution in [2.75, 3.05) is 13.2 Å². The van der Waals surface area contributed by atoms with Gasteiger partial charge in [0.2, 0.25) is 0 Å². The van der Waals surface area contributed by atoms with Crippen molar-refractivity contribution in [2.24, 2.45) is 0 Å². The maximum absolute atomic E-state index is 10.7. The second-order valence-electron chi connectivity index (χ2n) is 1.88. The Balaban J connectivity index is 2.60. The van der Waals surface area contributed by atoms with Crippen LogP contribution in [0.5, 0.6) is 0 Å². The van der Waals surface area contributed by atoms with Gasteiger partial charge in [-0.3, -0.25) is 4.79 Å². The maximum Gasteiger partial charge on any atom is 0.166 e. The number of aliphatic hydroxyl groups is 1. The van der Waals surface area contributed by atoms with Gasteiger partial charge in [-0.1, -0.05) is 0 Å². The highest BCUT2D eigenvalue weighted by Gasteiger charge is 2.14. The molecule has 9 heavy (non-hydrogen) atoms. The summed E-state index contributed by atoms with van der Waals surface area (Å²) in [5.41, 5.74) is 0.376. The van der Waals surface area contributed by atoms with E-state index in [-0.39, 0.29) is 12.4 Å². The number of ketones is 1. The summed E-state index contributed by atoms with van der Waals surface area (Å²) in [6.45, 7) is 0.742. The van der Waals surface area contributed by atoms with Crippen molar-refractivity contribution in [3.05, 3.63) is 11.8 Å². The van der Waals surface area contributed by atoms with E-state index < -0.39 is 0 Å². The zero-order chi connectivity index (χ0) is 6.69. The zero-order valence-corrected chi connectivity index (χ0v) is 4.96. The van der Waals surface area contributed by atoms with E-state index in [1.807, 2.05) is 0 Å². The number of rotatable bonds is 0. The Kier molecular flexibility index (Phi) is 1.85. The van der Waals surface area contributed by atoms with Gasteiger partial charge in [0.05, 0.1) is 25.0 Å². The molecule has 50 valence electrons. The predicted octanol–water partition coefficient (Wildman–Crippen LogP) is 0.418. The molecular formula is C6H8O3. The fourth-order valence-electron chi connectivity index (χ4n) is 0.697. The summed E-state index contributed by atoms with van der Waals surface area (Å²) < 4.78 is 4.89. The molecule has 0 unspecified atom stereocenters. The van der Waals surface area contributed by atoms with Crippen molar-refractivity contribution in [2.45, 2.75) is 6.42 Å². The Labute approximate surface area is 52.9 Å². The Hall–Kier alpha value is -0.830. The van der Waals surface area contributed by atoms with Gasteiger partial charge in [0.1, 0.15) is 0 Å². The van der Waals surface area contributed by atoms with Gasteiger partial charge < -0.3 is 9.84 Å². The van der Waals surface area contributed by atoms with Crippen molar-refractivity contribution < 1.29 is 14.6 Å². The van der Waals surface area contributed by atoms with Gasteiger partial charge >= 0.3 is 0 Å². The third kappa shape index (κ3) is 1.29. The predicted molar refractivity (Wildman–Crippen MR) is 31.2 cm³/mol. The second kappa shape index (κ2) is 2.64. The first-order valence-electron chi connectivity index (χ1n) is 2.79. The summed E-state index contributed by atoms with van der Waals surface area (Å²) >= 11 is 0. The minimum atomic E-state index is -0.0104. The van der Waals surface area contributed by atoms with Gasteiger partial charge in [-0.2, -0.15) is 0 Å². The Bertz CT molecular complexity index is 148. The first-order valence-corrected chi connectivity index (χ1v) is 2.79. The fourth-order valence-corrected chi connectivity index (χ4v) is 0.697. The molecule has 0 amide bonds.